The Morgan fingerprint density at radius 1 is 1.42 bits per heavy atom. The summed E-state index contributed by atoms with van der Waals surface area (Å²) >= 11 is 1.58. The van der Waals surface area contributed by atoms with Crippen LogP contribution in [0.2, 0.25) is 0 Å². The number of thiophene rings is 1. The maximum atomic E-state index is 12.4. The lowest BCUT2D eigenvalue weighted by Gasteiger charge is -2.31. The second-order valence-electron chi connectivity index (χ2n) is 5.68. The van der Waals surface area contributed by atoms with Crippen molar-refractivity contribution in [2.45, 2.75) is 19.3 Å². The smallest absolute Gasteiger partial charge is 0.236 e. The number of aromatic nitrogens is 1. The molecule has 8 heteroatoms. The Balaban J connectivity index is 0.00000144. The number of carbonyl (C=O) groups is 1. The van der Waals surface area contributed by atoms with Gasteiger partial charge < -0.3 is 14.6 Å². The molecule has 0 bridgehead atoms. The second kappa shape index (κ2) is 10.0. The van der Waals surface area contributed by atoms with E-state index in [1.807, 2.05) is 29.5 Å². The molecule has 0 aromatic carbocycles. The summed E-state index contributed by atoms with van der Waals surface area (Å²) in [5.74, 6) is 1.44. The fraction of sp³-hybridized carbons (Fsp3) is 0.500. The van der Waals surface area contributed by atoms with Crippen molar-refractivity contribution in [3.8, 4) is 10.8 Å². The van der Waals surface area contributed by atoms with Crippen molar-refractivity contribution < 1.29 is 9.21 Å². The number of nitrogens with one attached hydrogen (secondary N) is 1. The minimum Gasteiger partial charge on any atom is -0.444 e. The highest BCUT2D eigenvalue weighted by Crippen LogP contribution is 2.24. The molecule has 0 radical (unpaired) electrons. The van der Waals surface area contributed by atoms with Crippen molar-refractivity contribution in [1.29, 1.82) is 0 Å². The Labute approximate surface area is 158 Å². The van der Waals surface area contributed by atoms with Gasteiger partial charge in [0.25, 0.3) is 0 Å². The zero-order chi connectivity index (χ0) is 15.4. The SMILES string of the molecule is CNCC1CCN(C(=O)Cc2coc(-c3cccs3)n2)CC1.Cl.Cl. The standard InChI is InChI=1S/C16H21N3O2S.2ClH/c1-17-10-12-4-6-19(7-5-12)15(20)9-13-11-21-16(18-13)14-3-2-8-22-14;;/h2-3,8,11-12,17H,4-7,9-10H2,1H3;2*1H. The molecule has 24 heavy (non-hydrogen) atoms. The lowest BCUT2D eigenvalue weighted by atomic mass is 9.96. The molecule has 2 aromatic heterocycles. The number of nitrogens with zero attached hydrogens (tertiary/aromatic N) is 2. The van der Waals surface area contributed by atoms with Gasteiger partial charge in [-0.25, -0.2) is 4.98 Å². The largest absolute Gasteiger partial charge is 0.444 e. The Bertz CT molecular complexity index is 611. The second-order valence-corrected chi connectivity index (χ2v) is 6.63. The molecule has 0 atom stereocenters. The van der Waals surface area contributed by atoms with E-state index < -0.39 is 0 Å². The maximum absolute atomic E-state index is 12.4. The molecule has 1 N–H and O–H groups in total. The fourth-order valence-corrected chi connectivity index (χ4v) is 3.50. The Hall–Kier alpha value is -1.08. The number of hydrogen-bond donors (Lipinski definition) is 1. The molecule has 134 valence electrons. The number of halogens is 2. The van der Waals surface area contributed by atoms with Gasteiger partial charge in [0.05, 0.1) is 17.0 Å². The van der Waals surface area contributed by atoms with Crippen LogP contribution in [-0.2, 0) is 11.2 Å². The molecule has 2 aromatic rings. The van der Waals surface area contributed by atoms with Crippen molar-refractivity contribution >= 4 is 42.1 Å². The summed E-state index contributed by atoms with van der Waals surface area (Å²) in [6.45, 7) is 2.73. The minimum atomic E-state index is 0. The van der Waals surface area contributed by atoms with E-state index in [0.29, 0.717) is 23.9 Å². The van der Waals surface area contributed by atoms with Gasteiger partial charge in [0.2, 0.25) is 11.8 Å². The van der Waals surface area contributed by atoms with Crippen molar-refractivity contribution in [3.05, 3.63) is 29.5 Å². The van der Waals surface area contributed by atoms with Crippen molar-refractivity contribution in [3.63, 3.8) is 0 Å². The lowest BCUT2D eigenvalue weighted by molar-refractivity contribution is -0.131. The van der Waals surface area contributed by atoms with Crippen LogP contribution in [0.5, 0.6) is 0 Å². The first-order valence-electron chi connectivity index (χ1n) is 7.67. The molecule has 3 heterocycles. The van der Waals surface area contributed by atoms with E-state index >= 15 is 0 Å². The van der Waals surface area contributed by atoms with Gasteiger partial charge in [-0.2, -0.15) is 0 Å². The van der Waals surface area contributed by atoms with E-state index in [2.05, 4.69) is 10.3 Å². The van der Waals surface area contributed by atoms with E-state index in [9.17, 15) is 4.79 Å². The van der Waals surface area contributed by atoms with Crippen LogP contribution >= 0.6 is 36.2 Å². The fourth-order valence-electron chi connectivity index (χ4n) is 2.84. The predicted molar refractivity (Wildman–Crippen MR) is 101 cm³/mol. The summed E-state index contributed by atoms with van der Waals surface area (Å²) in [6, 6.07) is 3.93. The molecule has 1 amide bonds. The normalized spacial score (nSPS) is 14.8. The van der Waals surface area contributed by atoms with E-state index in [4.69, 9.17) is 4.42 Å². The zero-order valence-electron chi connectivity index (χ0n) is 13.6. The van der Waals surface area contributed by atoms with Gasteiger partial charge in [0.1, 0.15) is 6.26 Å². The molecule has 0 aliphatic carbocycles. The van der Waals surface area contributed by atoms with E-state index in [0.717, 1.165) is 37.4 Å². The molecule has 1 aliphatic rings. The third-order valence-electron chi connectivity index (χ3n) is 4.08. The molecule has 1 saturated heterocycles. The number of likely N-dealkylation sites (tertiary alicyclic amines) is 1. The summed E-state index contributed by atoms with van der Waals surface area (Å²) in [7, 11) is 1.98. The van der Waals surface area contributed by atoms with Crippen LogP contribution in [-0.4, -0.2) is 42.5 Å². The highest BCUT2D eigenvalue weighted by atomic mass is 35.5. The summed E-state index contributed by atoms with van der Waals surface area (Å²) in [5, 5.41) is 5.20. The molecule has 0 saturated carbocycles. The van der Waals surface area contributed by atoms with Gasteiger partial charge in [-0.3, -0.25) is 4.79 Å². The highest BCUT2D eigenvalue weighted by Gasteiger charge is 2.23. The molecule has 3 rings (SSSR count). The monoisotopic (exact) mass is 391 g/mol. The van der Waals surface area contributed by atoms with Crippen LogP contribution in [0, 0.1) is 5.92 Å². The predicted octanol–water partition coefficient (Wildman–Crippen LogP) is 3.25. The summed E-state index contributed by atoms with van der Waals surface area (Å²) < 4.78 is 5.47. The van der Waals surface area contributed by atoms with Gasteiger partial charge in [-0.15, -0.1) is 36.2 Å². The molecular formula is C16H23Cl2N3O2S. The summed E-state index contributed by atoms with van der Waals surface area (Å²) in [4.78, 5) is 19.7. The van der Waals surface area contributed by atoms with Crippen LogP contribution < -0.4 is 5.32 Å². The first-order valence-corrected chi connectivity index (χ1v) is 8.55. The van der Waals surface area contributed by atoms with E-state index in [1.165, 1.54) is 0 Å². The average molecular weight is 392 g/mol. The van der Waals surface area contributed by atoms with Gasteiger partial charge in [-0.05, 0) is 43.8 Å². The van der Waals surface area contributed by atoms with Crippen LogP contribution in [0.1, 0.15) is 18.5 Å². The van der Waals surface area contributed by atoms with Crippen LogP contribution in [0.3, 0.4) is 0 Å². The van der Waals surface area contributed by atoms with Crippen molar-refractivity contribution in [2.24, 2.45) is 5.92 Å². The highest BCUT2D eigenvalue weighted by molar-refractivity contribution is 7.13. The molecule has 0 spiro atoms. The molecule has 1 aliphatic heterocycles. The minimum absolute atomic E-state index is 0. The average Bonchev–Trinajstić information content (AvgIpc) is 3.19. The third-order valence-corrected chi connectivity index (χ3v) is 4.93. The Morgan fingerprint density at radius 2 is 2.17 bits per heavy atom. The lowest BCUT2D eigenvalue weighted by Crippen LogP contribution is -2.41. The van der Waals surface area contributed by atoms with E-state index in [1.54, 1.807) is 17.6 Å². The molecule has 0 unspecified atom stereocenters. The van der Waals surface area contributed by atoms with Gasteiger partial charge in [0.15, 0.2) is 0 Å². The number of amides is 1. The number of carbonyl (C=O) groups excluding carboxylic acids is 1. The first-order chi connectivity index (χ1) is 10.8. The van der Waals surface area contributed by atoms with Gasteiger partial charge in [0, 0.05) is 13.1 Å². The molecular weight excluding hydrogens is 369 g/mol. The summed E-state index contributed by atoms with van der Waals surface area (Å²) in [6.07, 6.45) is 4.07. The number of hydrogen-bond acceptors (Lipinski definition) is 5. The number of oxazole rings is 1. The summed E-state index contributed by atoms with van der Waals surface area (Å²) in [5.41, 5.74) is 0.714. The first kappa shape index (κ1) is 21.0. The number of piperidine rings is 1. The quantitative estimate of drug-likeness (QED) is 0.849. The van der Waals surface area contributed by atoms with Crippen molar-refractivity contribution in [1.82, 2.24) is 15.2 Å². The van der Waals surface area contributed by atoms with Crippen LogP contribution in [0.25, 0.3) is 10.8 Å². The molecule has 5 nitrogen and oxygen atoms in total. The van der Waals surface area contributed by atoms with Gasteiger partial charge in [-0.1, -0.05) is 6.07 Å². The zero-order valence-corrected chi connectivity index (χ0v) is 16.0. The third kappa shape index (κ3) is 5.21. The molecule has 1 fully saturated rings. The van der Waals surface area contributed by atoms with Crippen LogP contribution in [0.4, 0.5) is 0 Å². The van der Waals surface area contributed by atoms with Crippen LogP contribution in [0.15, 0.2) is 28.2 Å². The van der Waals surface area contributed by atoms with E-state index in [-0.39, 0.29) is 30.7 Å². The Kier molecular flexibility index (Phi) is 8.76. The maximum Gasteiger partial charge on any atom is 0.236 e. The topological polar surface area (TPSA) is 58.4 Å². The van der Waals surface area contributed by atoms with Crippen molar-refractivity contribution in [2.75, 3.05) is 26.7 Å². The Morgan fingerprint density at radius 3 is 2.79 bits per heavy atom. The number of rotatable bonds is 5. The van der Waals surface area contributed by atoms with Gasteiger partial charge >= 0.3 is 0 Å².